The normalized spacial score (nSPS) is 28.6. The van der Waals surface area contributed by atoms with Crippen molar-refractivity contribution in [2.75, 3.05) is 6.54 Å². The van der Waals surface area contributed by atoms with Crippen LogP contribution < -0.4 is 5.32 Å². The van der Waals surface area contributed by atoms with Crippen molar-refractivity contribution in [3.8, 4) is 0 Å². The molecular formula is C18H26N2O2. The molecule has 2 N–H and O–H groups in total. The zero-order chi connectivity index (χ0) is 15.7. The SMILES string of the molecule is CC(C)N1CCCCC1C(=O)N[C@H]1c2ccccc2C[C@H]1O. The van der Waals surface area contributed by atoms with E-state index < -0.39 is 6.10 Å². The fraction of sp³-hybridized carbons (Fsp3) is 0.611. The molecule has 0 bridgehead atoms. The van der Waals surface area contributed by atoms with Gasteiger partial charge in [0.05, 0.1) is 18.2 Å². The summed E-state index contributed by atoms with van der Waals surface area (Å²) >= 11 is 0. The number of piperidine rings is 1. The summed E-state index contributed by atoms with van der Waals surface area (Å²) < 4.78 is 0. The van der Waals surface area contributed by atoms with Gasteiger partial charge in [-0.05, 0) is 44.4 Å². The minimum Gasteiger partial charge on any atom is -0.390 e. The summed E-state index contributed by atoms with van der Waals surface area (Å²) in [5, 5.41) is 13.4. The third kappa shape index (κ3) is 2.90. The third-order valence-corrected chi connectivity index (χ3v) is 5.01. The molecule has 1 amide bonds. The summed E-state index contributed by atoms with van der Waals surface area (Å²) in [6.45, 7) is 5.27. The highest BCUT2D eigenvalue weighted by molar-refractivity contribution is 5.82. The lowest BCUT2D eigenvalue weighted by atomic mass is 9.98. The van der Waals surface area contributed by atoms with Crippen LogP contribution >= 0.6 is 0 Å². The van der Waals surface area contributed by atoms with E-state index in [0.29, 0.717) is 12.5 Å². The second-order valence-electron chi connectivity index (χ2n) is 6.80. The number of fused-ring (bicyclic) bond motifs is 1. The zero-order valence-electron chi connectivity index (χ0n) is 13.5. The molecule has 4 nitrogen and oxygen atoms in total. The molecule has 0 spiro atoms. The first kappa shape index (κ1) is 15.5. The fourth-order valence-electron chi connectivity index (χ4n) is 3.85. The molecule has 3 rings (SSSR count). The van der Waals surface area contributed by atoms with E-state index in [9.17, 15) is 9.90 Å². The summed E-state index contributed by atoms with van der Waals surface area (Å²) in [6, 6.07) is 8.04. The van der Waals surface area contributed by atoms with E-state index >= 15 is 0 Å². The van der Waals surface area contributed by atoms with Crippen LogP contribution in [-0.2, 0) is 11.2 Å². The number of rotatable bonds is 3. The second kappa shape index (κ2) is 6.39. The van der Waals surface area contributed by atoms with E-state index in [0.717, 1.165) is 36.9 Å². The highest BCUT2D eigenvalue weighted by Crippen LogP contribution is 2.32. The van der Waals surface area contributed by atoms with E-state index in [-0.39, 0.29) is 18.0 Å². The van der Waals surface area contributed by atoms with Crippen LogP contribution in [0.15, 0.2) is 24.3 Å². The Morgan fingerprint density at radius 3 is 2.86 bits per heavy atom. The molecule has 1 saturated heterocycles. The van der Waals surface area contributed by atoms with Gasteiger partial charge in [-0.3, -0.25) is 9.69 Å². The van der Waals surface area contributed by atoms with Crippen LogP contribution in [0, 0.1) is 0 Å². The highest BCUT2D eigenvalue weighted by atomic mass is 16.3. The van der Waals surface area contributed by atoms with E-state index in [4.69, 9.17) is 0 Å². The van der Waals surface area contributed by atoms with Gasteiger partial charge < -0.3 is 10.4 Å². The van der Waals surface area contributed by atoms with Crippen molar-refractivity contribution in [3.63, 3.8) is 0 Å². The molecule has 120 valence electrons. The van der Waals surface area contributed by atoms with Crippen molar-refractivity contribution in [1.29, 1.82) is 0 Å². The Labute approximate surface area is 132 Å². The van der Waals surface area contributed by atoms with Gasteiger partial charge in [-0.2, -0.15) is 0 Å². The Hall–Kier alpha value is -1.39. The van der Waals surface area contributed by atoms with Crippen LogP contribution in [0.25, 0.3) is 0 Å². The van der Waals surface area contributed by atoms with Crippen molar-refractivity contribution >= 4 is 5.91 Å². The predicted octanol–water partition coefficient (Wildman–Crippen LogP) is 2.02. The molecular weight excluding hydrogens is 276 g/mol. The largest absolute Gasteiger partial charge is 0.390 e. The number of nitrogens with one attached hydrogen (secondary N) is 1. The maximum Gasteiger partial charge on any atom is 0.237 e. The topological polar surface area (TPSA) is 52.6 Å². The monoisotopic (exact) mass is 302 g/mol. The minimum absolute atomic E-state index is 0.0614. The van der Waals surface area contributed by atoms with Gasteiger partial charge in [0.2, 0.25) is 5.91 Å². The van der Waals surface area contributed by atoms with Gasteiger partial charge >= 0.3 is 0 Å². The number of amides is 1. The molecule has 4 heteroatoms. The van der Waals surface area contributed by atoms with E-state index in [1.165, 1.54) is 0 Å². The highest BCUT2D eigenvalue weighted by Gasteiger charge is 2.36. The lowest BCUT2D eigenvalue weighted by Gasteiger charge is -2.38. The van der Waals surface area contributed by atoms with E-state index in [1.54, 1.807) is 0 Å². The van der Waals surface area contributed by atoms with Gasteiger partial charge in [-0.25, -0.2) is 0 Å². The maximum absolute atomic E-state index is 12.8. The molecule has 1 unspecified atom stereocenters. The fourth-order valence-corrected chi connectivity index (χ4v) is 3.85. The van der Waals surface area contributed by atoms with Crippen LogP contribution in [0.1, 0.15) is 50.3 Å². The molecule has 3 atom stereocenters. The zero-order valence-corrected chi connectivity index (χ0v) is 13.5. The van der Waals surface area contributed by atoms with Crippen molar-refractivity contribution in [3.05, 3.63) is 35.4 Å². The standard InChI is InChI=1S/C18H26N2O2/c1-12(2)20-10-6-5-9-15(20)18(22)19-17-14-8-4-3-7-13(14)11-16(17)21/h3-4,7-8,12,15-17,21H,5-6,9-11H2,1-2H3,(H,19,22)/t15?,16-,17+/m1/s1. The van der Waals surface area contributed by atoms with Gasteiger partial charge in [0.1, 0.15) is 0 Å². The van der Waals surface area contributed by atoms with Gasteiger partial charge in [0.15, 0.2) is 0 Å². The smallest absolute Gasteiger partial charge is 0.237 e. The number of benzene rings is 1. The van der Waals surface area contributed by atoms with Gasteiger partial charge in [0, 0.05) is 12.5 Å². The number of nitrogens with zero attached hydrogens (tertiary/aromatic N) is 1. The number of hydrogen-bond acceptors (Lipinski definition) is 3. The second-order valence-corrected chi connectivity index (χ2v) is 6.80. The van der Waals surface area contributed by atoms with Gasteiger partial charge in [0.25, 0.3) is 0 Å². The van der Waals surface area contributed by atoms with Crippen LogP contribution in [0.2, 0.25) is 0 Å². The van der Waals surface area contributed by atoms with Crippen LogP contribution in [0.5, 0.6) is 0 Å². The van der Waals surface area contributed by atoms with Crippen molar-refractivity contribution < 1.29 is 9.90 Å². The Balaban J connectivity index is 1.74. The molecule has 1 heterocycles. The molecule has 0 radical (unpaired) electrons. The molecule has 0 saturated carbocycles. The number of carbonyl (C=O) groups excluding carboxylic acids is 1. The molecule has 0 aromatic heterocycles. The summed E-state index contributed by atoms with van der Waals surface area (Å²) in [4.78, 5) is 15.0. The predicted molar refractivity (Wildman–Crippen MR) is 86.5 cm³/mol. The van der Waals surface area contributed by atoms with Crippen molar-refractivity contribution in [2.45, 2.75) is 63.8 Å². The Bertz CT molecular complexity index is 544. The summed E-state index contributed by atoms with van der Waals surface area (Å²) in [6.07, 6.45) is 3.29. The van der Waals surface area contributed by atoms with E-state index in [1.807, 2.05) is 24.3 Å². The van der Waals surface area contributed by atoms with Gasteiger partial charge in [-0.15, -0.1) is 0 Å². The number of aliphatic hydroxyl groups excluding tert-OH is 1. The quantitative estimate of drug-likeness (QED) is 0.898. The Morgan fingerprint density at radius 1 is 1.32 bits per heavy atom. The first-order valence-corrected chi connectivity index (χ1v) is 8.40. The molecule has 22 heavy (non-hydrogen) atoms. The number of aliphatic hydroxyl groups is 1. The molecule has 1 aromatic rings. The van der Waals surface area contributed by atoms with E-state index in [2.05, 4.69) is 24.1 Å². The Morgan fingerprint density at radius 2 is 2.09 bits per heavy atom. The summed E-state index contributed by atoms with van der Waals surface area (Å²) in [7, 11) is 0. The van der Waals surface area contributed by atoms with Crippen molar-refractivity contribution in [2.24, 2.45) is 0 Å². The van der Waals surface area contributed by atoms with Crippen LogP contribution in [0.4, 0.5) is 0 Å². The Kier molecular flexibility index (Phi) is 4.50. The lowest BCUT2D eigenvalue weighted by molar-refractivity contribution is -0.130. The first-order chi connectivity index (χ1) is 10.6. The maximum atomic E-state index is 12.8. The average Bonchev–Trinajstić information content (AvgIpc) is 2.83. The van der Waals surface area contributed by atoms with Crippen LogP contribution in [-0.4, -0.2) is 40.6 Å². The molecule has 1 aromatic carbocycles. The average molecular weight is 302 g/mol. The molecule has 1 aliphatic carbocycles. The number of hydrogen-bond donors (Lipinski definition) is 2. The number of likely N-dealkylation sites (tertiary alicyclic amines) is 1. The molecule has 1 aliphatic heterocycles. The molecule has 1 fully saturated rings. The van der Waals surface area contributed by atoms with Gasteiger partial charge in [-0.1, -0.05) is 30.7 Å². The van der Waals surface area contributed by atoms with Crippen LogP contribution in [0.3, 0.4) is 0 Å². The molecule has 2 aliphatic rings. The minimum atomic E-state index is -0.516. The number of carbonyl (C=O) groups is 1. The lowest BCUT2D eigenvalue weighted by Crippen LogP contribution is -2.53. The third-order valence-electron chi connectivity index (χ3n) is 5.01. The van der Waals surface area contributed by atoms with Crippen molar-refractivity contribution in [1.82, 2.24) is 10.2 Å². The first-order valence-electron chi connectivity index (χ1n) is 8.40. The summed E-state index contributed by atoms with van der Waals surface area (Å²) in [5.74, 6) is 0.0640. The summed E-state index contributed by atoms with van der Waals surface area (Å²) in [5.41, 5.74) is 2.21.